The number of benzene rings is 1. The summed E-state index contributed by atoms with van der Waals surface area (Å²) in [4.78, 5) is 0. The van der Waals surface area contributed by atoms with Crippen LogP contribution in [0.1, 0.15) is 24.5 Å². The van der Waals surface area contributed by atoms with Gasteiger partial charge in [-0.3, -0.25) is 0 Å². The van der Waals surface area contributed by atoms with Crippen molar-refractivity contribution >= 4 is 6.08 Å². The van der Waals surface area contributed by atoms with E-state index in [0.29, 0.717) is 0 Å². The first-order valence-corrected chi connectivity index (χ1v) is 5.51. The third-order valence-corrected chi connectivity index (χ3v) is 2.55. The lowest BCUT2D eigenvalue weighted by Crippen LogP contribution is -2.01. The van der Waals surface area contributed by atoms with Crippen molar-refractivity contribution in [3.63, 3.8) is 0 Å². The van der Waals surface area contributed by atoms with Crippen LogP contribution in [0.3, 0.4) is 0 Å². The van der Waals surface area contributed by atoms with Gasteiger partial charge in [0.15, 0.2) is 0 Å². The molecule has 16 heavy (non-hydrogen) atoms. The van der Waals surface area contributed by atoms with Gasteiger partial charge in [-0.15, -0.1) is 0 Å². The Hall–Kier alpha value is -1.28. The van der Waals surface area contributed by atoms with E-state index in [1.807, 2.05) is 12.1 Å². The second-order valence-electron chi connectivity index (χ2n) is 3.93. The molecule has 0 heterocycles. The molecule has 0 bridgehead atoms. The van der Waals surface area contributed by atoms with Gasteiger partial charge in [0.05, 0.1) is 13.2 Å². The summed E-state index contributed by atoms with van der Waals surface area (Å²) in [6.45, 7) is 4.13. The fourth-order valence-electron chi connectivity index (χ4n) is 1.47. The van der Waals surface area contributed by atoms with E-state index in [2.05, 4.69) is 32.1 Å². The molecule has 0 spiro atoms. The summed E-state index contributed by atoms with van der Waals surface area (Å²) in [6.07, 6.45) is 5.37. The van der Waals surface area contributed by atoms with Gasteiger partial charge in [0.2, 0.25) is 0 Å². The van der Waals surface area contributed by atoms with Crippen LogP contribution in [0.15, 0.2) is 24.3 Å². The molecular weight excluding hydrogens is 200 g/mol. The Labute approximate surface area is 97.9 Å². The molecule has 1 atom stereocenters. The quantitative estimate of drug-likeness (QED) is 0.756. The molecule has 0 aliphatic heterocycles. The van der Waals surface area contributed by atoms with Crippen LogP contribution in [0.4, 0.5) is 0 Å². The lowest BCUT2D eigenvalue weighted by molar-refractivity contribution is 0.121. The Morgan fingerprint density at radius 1 is 1.31 bits per heavy atom. The Bertz CT molecular complexity index is 356. The normalized spacial score (nSPS) is 13.0. The van der Waals surface area contributed by atoms with Crippen LogP contribution in [-0.2, 0) is 4.74 Å². The second kappa shape index (κ2) is 6.33. The van der Waals surface area contributed by atoms with Crippen LogP contribution in [0.25, 0.3) is 6.08 Å². The summed E-state index contributed by atoms with van der Waals surface area (Å²) in [5.41, 5.74) is 2.35. The molecule has 1 rings (SSSR count). The average Bonchev–Trinajstić information content (AvgIpc) is 2.29. The fraction of sp³-hybridized carbons (Fsp3) is 0.429. The first kappa shape index (κ1) is 12.8. The number of methoxy groups -OCH3 is 2. The highest BCUT2D eigenvalue weighted by atomic mass is 16.5. The van der Waals surface area contributed by atoms with E-state index in [1.165, 1.54) is 5.56 Å². The maximum Gasteiger partial charge on any atom is 0.126 e. The van der Waals surface area contributed by atoms with Gasteiger partial charge in [0, 0.05) is 12.7 Å². The number of ether oxygens (including phenoxy) is 2. The van der Waals surface area contributed by atoms with Crippen molar-refractivity contribution in [1.82, 2.24) is 0 Å². The topological polar surface area (TPSA) is 18.5 Å². The first-order chi connectivity index (χ1) is 7.67. The van der Waals surface area contributed by atoms with Crippen LogP contribution < -0.4 is 4.74 Å². The number of hydrogen-bond acceptors (Lipinski definition) is 2. The fourth-order valence-corrected chi connectivity index (χ4v) is 1.47. The van der Waals surface area contributed by atoms with Gasteiger partial charge in [-0.25, -0.2) is 0 Å². The number of hydrogen-bond donors (Lipinski definition) is 0. The third-order valence-electron chi connectivity index (χ3n) is 2.55. The van der Waals surface area contributed by atoms with Gasteiger partial charge < -0.3 is 9.47 Å². The van der Waals surface area contributed by atoms with E-state index in [9.17, 15) is 0 Å². The zero-order valence-corrected chi connectivity index (χ0v) is 10.5. The SMILES string of the molecule is COc1ccc(C)cc1/C=C/C[C@@H](C)OC. The molecule has 88 valence electrons. The van der Waals surface area contributed by atoms with Crippen molar-refractivity contribution in [3.8, 4) is 5.75 Å². The van der Waals surface area contributed by atoms with Crippen LogP contribution in [-0.4, -0.2) is 20.3 Å². The molecule has 2 heteroatoms. The van der Waals surface area contributed by atoms with Crippen LogP contribution >= 0.6 is 0 Å². The molecule has 1 aromatic carbocycles. The van der Waals surface area contributed by atoms with E-state index in [4.69, 9.17) is 9.47 Å². The standard InChI is InChI=1S/C14H20O2/c1-11-8-9-14(16-4)13(10-11)7-5-6-12(2)15-3/h5,7-10,12H,6H2,1-4H3/b7-5+/t12-/m1/s1. The molecule has 0 N–H and O–H groups in total. The summed E-state index contributed by atoms with van der Waals surface area (Å²) in [5.74, 6) is 0.909. The van der Waals surface area contributed by atoms with Crippen LogP contribution in [0, 0.1) is 6.92 Å². The summed E-state index contributed by atoms with van der Waals surface area (Å²) in [7, 11) is 3.42. The van der Waals surface area contributed by atoms with E-state index < -0.39 is 0 Å². The lowest BCUT2D eigenvalue weighted by Gasteiger charge is -2.07. The largest absolute Gasteiger partial charge is 0.496 e. The van der Waals surface area contributed by atoms with E-state index in [-0.39, 0.29) is 6.10 Å². The highest BCUT2D eigenvalue weighted by molar-refractivity contribution is 5.58. The number of aryl methyl sites for hydroxylation is 1. The van der Waals surface area contributed by atoms with Gasteiger partial charge in [-0.1, -0.05) is 23.8 Å². The van der Waals surface area contributed by atoms with E-state index in [0.717, 1.165) is 17.7 Å². The summed E-state index contributed by atoms with van der Waals surface area (Å²) in [5, 5.41) is 0. The maximum atomic E-state index is 5.30. The van der Waals surface area contributed by atoms with Crippen molar-refractivity contribution in [3.05, 3.63) is 35.4 Å². The molecule has 0 aliphatic carbocycles. The zero-order valence-electron chi connectivity index (χ0n) is 10.5. The summed E-state index contributed by atoms with van der Waals surface area (Å²) < 4.78 is 10.5. The Morgan fingerprint density at radius 2 is 2.06 bits per heavy atom. The first-order valence-electron chi connectivity index (χ1n) is 5.51. The Kier molecular flexibility index (Phi) is 5.06. The highest BCUT2D eigenvalue weighted by Crippen LogP contribution is 2.21. The summed E-state index contributed by atoms with van der Waals surface area (Å²) >= 11 is 0. The summed E-state index contributed by atoms with van der Waals surface area (Å²) in [6, 6.07) is 6.16. The van der Waals surface area contributed by atoms with Gasteiger partial charge in [-0.2, -0.15) is 0 Å². The molecule has 2 nitrogen and oxygen atoms in total. The van der Waals surface area contributed by atoms with Gasteiger partial charge in [0.1, 0.15) is 5.75 Å². The average molecular weight is 220 g/mol. The monoisotopic (exact) mass is 220 g/mol. The van der Waals surface area contributed by atoms with Crippen molar-refractivity contribution < 1.29 is 9.47 Å². The molecule has 0 saturated heterocycles. The molecule has 0 fully saturated rings. The Morgan fingerprint density at radius 3 is 2.69 bits per heavy atom. The lowest BCUT2D eigenvalue weighted by atomic mass is 10.1. The molecule has 0 amide bonds. The predicted octanol–water partition coefficient (Wildman–Crippen LogP) is 3.44. The number of rotatable bonds is 5. The molecule has 0 aliphatic rings. The molecule has 0 aromatic heterocycles. The van der Waals surface area contributed by atoms with Crippen LogP contribution in [0.5, 0.6) is 5.75 Å². The Balaban J connectivity index is 2.75. The minimum Gasteiger partial charge on any atom is -0.496 e. The zero-order chi connectivity index (χ0) is 12.0. The second-order valence-corrected chi connectivity index (χ2v) is 3.93. The highest BCUT2D eigenvalue weighted by Gasteiger charge is 2.00. The van der Waals surface area contributed by atoms with Crippen LogP contribution in [0.2, 0.25) is 0 Å². The minimum atomic E-state index is 0.257. The van der Waals surface area contributed by atoms with Gasteiger partial charge in [0.25, 0.3) is 0 Å². The minimum absolute atomic E-state index is 0.257. The van der Waals surface area contributed by atoms with Crippen molar-refractivity contribution in [2.24, 2.45) is 0 Å². The van der Waals surface area contributed by atoms with E-state index >= 15 is 0 Å². The maximum absolute atomic E-state index is 5.30. The smallest absolute Gasteiger partial charge is 0.126 e. The molecule has 1 aromatic rings. The molecule has 0 saturated carbocycles. The van der Waals surface area contributed by atoms with Crippen molar-refractivity contribution in [2.45, 2.75) is 26.4 Å². The molecule has 0 radical (unpaired) electrons. The third kappa shape index (κ3) is 3.70. The van der Waals surface area contributed by atoms with E-state index in [1.54, 1.807) is 14.2 Å². The predicted molar refractivity (Wildman–Crippen MR) is 67.9 cm³/mol. The van der Waals surface area contributed by atoms with Gasteiger partial charge in [-0.05, 0) is 32.4 Å². The van der Waals surface area contributed by atoms with Crippen molar-refractivity contribution in [1.29, 1.82) is 0 Å². The van der Waals surface area contributed by atoms with Gasteiger partial charge >= 0.3 is 0 Å². The van der Waals surface area contributed by atoms with Crippen molar-refractivity contribution in [2.75, 3.05) is 14.2 Å². The molecule has 0 unspecified atom stereocenters. The molecular formula is C14H20O2.